The monoisotopic (exact) mass is 307 g/mol. The molecule has 2 atom stereocenters. The number of hydrogen-bond acceptors (Lipinski definition) is 3. The van der Waals surface area contributed by atoms with E-state index in [1.54, 1.807) is 7.11 Å². The van der Waals surface area contributed by atoms with Gasteiger partial charge in [0.15, 0.2) is 0 Å². The van der Waals surface area contributed by atoms with Crippen LogP contribution < -0.4 is 5.09 Å². The average Bonchev–Trinajstić information content (AvgIpc) is 2.63. The van der Waals surface area contributed by atoms with Gasteiger partial charge in [0.05, 0.1) is 0 Å². The zero-order valence-corrected chi connectivity index (χ0v) is 11.4. The molecule has 1 N–H and O–H groups in total. The lowest BCUT2D eigenvalue weighted by atomic mass is 10.1. The molecule has 3 nitrogen and oxygen atoms in total. The first-order chi connectivity index (χ1) is 7.13. The van der Waals surface area contributed by atoms with Crippen LogP contribution in [0.4, 0.5) is 0 Å². The molecule has 15 heavy (non-hydrogen) atoms. The minimum atomic E-state index is -2.21. The van der Waals surface area contributed by atoms with Crippen LogP contribution in [0.3, 0.4) is 0 Å². The SMILES string of the molecule is COP1(=S)NCC(c2ccc(Br)cc2)O1. The van der Waals surface area contributed by atoms with Crippen molar-refractivity contribution in [3.05, 3.63) is 34.3 Å². The van der Waals surface area contributed by atoms with Crippen LogP contribution in [0.15, 0.2) is 28.7 Å². The molecule has 1 aromatic rings. The third-order valence-electron chi connectivity index (χ3n) is 2.22. The molecule has 1 aliphatic rings. The number of halogens is 1. The Morgan fingerprint density at radius 2 is 2.20 bits per heavy atom. The van der Waals surface area contributed by atoms with E-state index in [9.17, 15) is 0 Å². The number of hydrogen-bond donors (Lipinski definition) is 1. The molecule has 0 saturated carbocycles. The molecule has 0 aromatic heterocycles. The van der Waals surface area contributed by atoms with E-state index in [0.29, 0.717) is 6.54 Å². The van der Waals surface area contributed by atoms with E-state index >= 15 is 0 Å². The smallest absolute Gasteiger partial charge is 0.261 e. The normalized spacial score (nSPS) is 30.7. The summed E-state index contributed by atoms with van der Waals surface area (Å²) in [5.41, 5.74) is 1.12. The molecule has 2 rings (SSSR count). The lowest BCUT2D eigenvalue weighted by Crippen LogP contribution is -2.06. The molecule has 1 saturated heterocycles. The fourth-order valence-corrected chi connectivity index (χ4v) is 3.41. The second-order valence-electron chi connectivity index (χ2n) is 3.19. The van der Waals surface area contributed by atoms with Gasteiger partial charge in [0.25, 0.3) is 6.64 Å². The maximum absolute atomic E-state index is 5.70. The van der Waals surface area contributed by atoms with Gasteiger partial charge in [-0.25, -0.2) is 5.09 Å². The summed E-state index contributed by atoms with van der Waals surface area (Å²) in [7, 11) is 1.58. The summed E-state index contributed by atoms with van der Waals surface area (Å²) < 4.78 is 11.9. The molecule has 82 valence electrons. The number of benzene rings is 1. The molecule has 2 unspecified atom stereocenters. The van der Waals surface area contributed by atoms with Crippen molar-refractivity contribution < 1.29 is 9.05 Å². The number of nitrogens with one attached hydrogen (secondary N) is 1. The lowest BCUT2D eigenvalue weighted by Gasteiger charge is -2.13. The van der Waals surface area contributed by atoms with E-state index in [4.69, 9.17) is 20.9 Å². The molecular weight excluding hydrogens is 297 g/mol. The van der Waals surface area contributed by atoms with E-state index in [-0.39, 0.29) is 6.10 Å². The molecule has 0 bridgehead atoms. The molecule has 1 aromatic carbocycles. The molecule has 1 aliphatic heterocycles. The topological polar surface area (TPSA) is 30.5 Å². The first-order valence-corrected chi connectivity index (χ1v) is 7.91. The third-order valence-corrected chi connectivity index (χ3v) is 5.42. The van der Waals surface area contributed by atoms with E-state index in [1.807, 2.05) is 24.3 Å². The van der Waals surface area contributed by atoms with Crippen molar-refractivity contribution in [2.24, 2.45) is 0 Å². The van der Waals surface area contributed by atoms with Crippen molar-refractivity contribution in [3.63, 3.8) is 0 Å². The van der Waals surface area contributed by atoms with Crippen molar-refractivity contribution in [3.8, 4) is 0 Å². The maximum atomic E-state index is 5.70. The summed E-state index contributed by atoms with van der Waals surface area (Å²) >= 11 is 8.61. The summed E-state index contributed by atoms with van der Waals surface area (Å²) in [5.74, 6) is 0. The van der Waals surface area contributed by atoms with Gasteiger partial charge >= 0.3 is 0 Å². The van der Waals surface area contributed by atoms with Crippen LogP contribution in [0.25, 0.3) is 0 Å². The van der Waals surface area contributed by atoms with Gasteiger partial charge in [-0.3, -0.25) is 0 Å². The minimum absolute atomic E-state index is 0.00360. The van der Waals surface area contributed by atoms with Gasteiger partial charge < -0.3 is 9.05 Å². The highest BCUT2D eigenvalue weighted by Gasteiger charge is 2.31. The molecule has 0 aliphatic carbocycles. The first-order valence-electron chi connectivity index (χ1n) is 4.48. The van der Waals surface area contributed by atoms with E-state index in [2.05, 4.69) is 21.0 Å². The van der Waals surface area contributed by atoms with Gasteiger partial charge in [-0.05, 0) is 29.5 Å². The van der Waals surface area contributed by atoms with Crippen LogP contribution in [-0.2, 0) is 20.9 Å². The highest BCUT2D eigenvalue weighted by molar-refractivity contribution is 9.10. The quantitative estimate of drug-likeness (QED) is 0.851. The molecule has 6 heteroatoms. The van der Waals surface area contributed by atoms with Crippen molar-refractivity contribution >= 4 is 34.4 Å². The molecule has 0 amide bonds. The summed E-state index contributed by atoms with van der Waals surface area (Å²) in [4.78, 5) is 0. The molecule has 1 fully saturated rings. The lowest BCUT2D eigenvalue weighted by molar-refractivity contribution is 0.233. The summed E-state index contributed by atoms with van der Waals surface area (Å²) in [6.45, 7) is -1.50. The van der Waals surface area contributed by atoms with Gasteiger partial charge in [-0.1, -0.05) is 28.1 Å². The standard InChI is InChI=1S/C9H11BrNO2PS/c1-12-14(15)11-6-9(13-14)7-2-4-8(10)5-3-7/h2-5,9H,6H2,1H3,(H,11,15). The van der Waals surface area contributed by atoms with Crippen LogP contribution in [0, 0.1) is 0 Å². The van der Waals surface area contributed by atoms with Crippen molar-refractivity contribution in [1.82, 2.24) is 5.09 Å². The molecule has 0 spiro atoms. The van der Waals surface area contributed by atoms with Crippen LogP contribution in [0.1, 0.15) is 11.7 Å². The van der Waals surface area contributed by atoms with Crippen molar-refractivity contribution in [2.45, 2.75) is 6.10 Å². The summed E-state index contributed by atoms with van der Waals surface area (Å²) in [5, 5.41) is 3.12. The van der Waals surface area contributed by atoms with Gasteiger partial charge in [0, 0.05) is 18.1 Å². The van der Waals surface area contributed by atoms with Crippen molar-refractivity contribution in [2.75, 3.05) is 13.7 Å². The number of rotatable bonds is 2. The second-order valence-corrected chi connectivity index (χ2v) is 7.43. The van der Waals surface area contributed by atoms with Gasteiger partial charge in [0.2, 0.25) is 0 Å². The fourth-order valence-electron chi connectivity index (χ4n) is 1.40. The Morgan fingerprint density at radius 3 is 2.73 bits per heavy atom. The fraction of sp³-hybridized carbons (Fsp3) is 0.333. The third kappa shape index (κ3) is 2.67. The molecule has 1 heterocycles. The van der Waals surface area contributed by atoms with Gasteiger partial charge in [-0.15, -0.1) is 0 Å². The second kappa shape index (κ2) is 4.62. The molecule has 0 radical (unpaired) electrons. The van der Waals surface area contributed by atoms with Crippen LogP contribution >= 0.6 is 22.6 Å². The highest BCUT2D eigenvalue weighted by atomic mass is 79.9. The Labute approximate surface area is 103 Å². The Hall–Kier alpha value is 0.230. The van der Waals surface area contributed by atoms with Crippen LogP contribution in [-0.4, -0.2) is 13.7 Å². The Morgan fingerprint density at radius 1 is 1.53 bits per heavy atom. The van der Waals surface area contributed by atoms with Crippen LogP contribution in [0.2, 0.25) is 0 Å². The van der Waals surface area contributed by atoms with Gasteiger partial charge in [-0.2, -0.15) is 0 Å². The Balaban J connectivity index is 2.14. The van der Waals surface area contributed by atoms with Crippen LogP contribution in [0.5, 0.6) is 0 Å². The minimum Gasteiger partial charge on any atom is -0.321 e. The van der Waals surface area contributed by atoms with E-state index in [1.165, 1.54) is 0 Å². The predicted octanol–water partition coefficient (Wildman–Crippen LogP) is 2.98. The zero-order valence-electron chi connectivity index (χ0n) is 8.14. The first kappa shape index (κ1) is 11.7. The maximum Gasteiger partial charge on any atom is 0.261 e. The Kier molecular flexibility index (Phi) is 3.60. The van der Waals surface area contributed by atoms with Gasteiger partial charge in [0.1, 0.15) is 6.10 Å². The summed E-state index contributed by atoms with van der Waals surface area (Å²) in [6.07, 6.45) is 0.00360. The van der Waals surface area contributed by atoms with E-state index in [0.717, 1.165) is 10.0 Å². The average molecular weight is 308 g/mol. The summed E-state index contributed by atoms with van der Waals surface area (Å²) in [6, 6.07) is 8.04. The molecular formula is C9H11BrNO2PS. The largest absolute Gasteiger partial charge is 0.321 e. The zero-order chi connectivity index (χ0) is 10.9. The van der Waals surface area contributed by atoms with Crippen molar-refractivity contribution in [1.29, 1.82) is 0 Å². The van der Waals surface area contributed by atoms with E-state index < -0.39 is 6.64 Å². The predicted molar refractivity (Wildman–Crippen MR) is 67.3 cm³/mol. The highest BCUT2D eigenvalue weighted by Crippen LogP contribution is 2.52. The Bertz CT molecular complexity index is 398.